The zero-order chi connectivity index (χ0) is 24.8. The molecule has 4 nitrogen and oxygen atoms in total. The first kappa shape index (κ1) is 25.9. The summed E-state index contributed by atoms with van der Waals surface area (Å²) < 4.78 is 6.00. The number of allylic oxidation sites excluding steroid dienone is 1. The van der Waals surface area contributed by atoms with Crippen molar-refractivity contribution in [1.82, 2.24) is 0 Å². The van der Waals surface area contributed by atoms with Crippen LogP contribution in [0.5, 0.6) is 0 Å². The molecule has 0 bridgehead atoms. The summed E-state index contributed by atoms with van der Waals surface area (Å²) >= 11 is 0. The van der Waals surface area contributed by atoms with E-state index in [4.69, 9.17) is 4.74 Å². The van der Waals surface area contributed by atoms with Crippen LogP contribution in [0.15, 0.2) is 23.8 Å². The van der Waals surface area contributed by atoms with Crippen LogP contribution in [0.1, 0.15) is 92.4 Å². The van der Waals surface area contributed by atoms with Crippen molar-refractivity contribution in [2.75, 3.05) is 6.61 Å². The highest BCUT2D eigenvalue weighted by atomic mass is 16.5. The Balaban J connectivity index is 1.63. The quantitative estimate of drug-likeness (QED) is 0.349. The van der Waals surface area contributed by atoms with E-state index < -0.39 is 0 Å². The Bertz CT molecular complexity index is 815. The van der Waals surface area contributed by atoms with Gasteiger partial charge < -0.3 is 14.9 Å². The van der Waals surface area contributed by atoms with Crippen molar-refractivity contribution in [1.29, 1.82) is 0 Å². The molecule has 192 valence electrons. The van der Waals surface area contributed by atoms with Crippen molar-refractivity contribution in [2.24, 2.45) is 46.3 Å². The van der Waals surface area contributed by atoms with Gasteiger partial charge in [0.05, 0.1) is 12.7 Å². The Morgan fingerprint density at radius 1 is 1.18 bits per heavy atom. The van der Waals surface area contributed by atoms with Crippen LogP contribution in [-0.2, 0) is 9.53 Å². The lowest BCUT2D eigenvalue weighted by atomic mass is 9.46. The first-order valence-corrected chi connectivity index (χ1v) is 13.9. The third-order valence-electron chi connectivity index (χ3n) is 10.9. The third-order valence-corrected chi connectivity index (χ3v) is 10.9. The fourth-order valence-corrected chi connectivity index (χ4v) is 8.89. The average Bonchev–Trinajstić information content (AvgIpc) is 3.13. The van der Waals surface area contributed by atoms with Gasteiger partial charge in [-0.25, -0.2) is 0 Å². The first-order valence-electron chi connectivity index (χ1n) is 13.9. The van der Waals surface area contributed by atoms with Gasteiger partial charge in [-0.15, -0.1) is 0 Å². The molecule has 0 heterocycles. The minimum absolute atomic E-state index is 0.139. The minimum Gasteiger partial charge on any atom is -0.458 e. The molecule has 4 aliphatic carbocycles. The molecule has 0 saturated heterocycles. The molecule has 34 heavy (non-hydrogen) atoms. The van der Waals surface area contributed by atoms with Crippen molar-refractivity contribution in [2.45, 2.75) is 105 Å². The largest absolute Gasteiger partial charge is 0.458 e. The van der Waals surface area contributed by atoms with Gasteiger partial charge in [-0.1, -0.05) is 45.4 Å². The van der Waals surface area contributed by atoms with Gasteiger partial charge in [-0.05, 0) is 98.9 Å². The number of rotatable bonds is 7. The molecule has 0 aliphatic heterocycles. The number of aliphatic hydroxyl groups excluding tert-OH is 2. The second-order valence-corrected chi connectivity index (χ2v) is 12.8. The number of carbonyl (C=O) groups excluding carboxylic acids is 1. The minimum atomic E-state index is -0.355. The first-order chi connectivity index (χ1) is 16.0. The number of ether oxygens (including phenoxy) is 1. The molecule has 4 rings (SSSR count). The summed E-state index contributed by atoms with van der Waals surface area (Å²) in [7, 11) is 0. The summed E-state index contributed by atoms with van der Waals surface area (Å²) in [6.45, 7) is 15.4. The molecule has 4 heteroatoms. The van der Waals surface area contributed by atoms with Gasteiger partial charge in [0, 0.05) is 18.3 Å². The molecule has 9 unspecified atom stereocenters. The van der Waals surface area contributed by atoms with Crippen LogP contribution in [0.25, 0.3) is 0 Å². The van der Waals surface area contributed by atoms with Gasteiger partial charge in [0.25, 0.3) is 0 Å². The highest BCUT2D eigenvalue weighted by molar-refractivity contribution is 5.66. The normalized spacial score (nSPS) is 42.3. The molecule has 9 atom stereocenters. The molecule has 0 amide bonds. The van der Waals surface area contributed by atoms with Gasteiger partial charge in [0.15, 0.2) is 0 Å². The number of esters is 1. The molecule has 2 N–H and O–H groups in total. The van der Waals surface area contributed by atoms with Gasteiger partial charge >= 0.3 is 5.97 Å². The second-order valence-electron chi connectivity index (χ2n) is 12.8. The maximum atomic E-state index is 12.2. The van der Waals surface area contributed by atoms with Gasteiger partial charge in [-0.2, -0.15) is 0 Å². The fourth-order valence-electron chi connectivity index (χ4n) is 8.89. The Morgan fingerprint density at radius 3 is 2.56 bits per heavy atom. The lowest BCUT2D eigenvalue weighted by Crippen LogP contribution is -2.57. The number of carbonyl (C=O) groups is 1. The topological polar surface area (TPSA) is 66.8 Å². The van der Waals surface area contributed by atoms with E-state index in [1.807, 2.05) is 0 Å². The summed E-state index contributed by atoms with van der Waals surface area (Å²) in [4.78, 5) is 12.2. The van der Waals surface area contributed by atoms with Crippen LogP contribution in [0.2, 0.25) is 0 Å². The molecular formula is C30H48O4. The van der Waals surface area contributed by atoms with E-state index in [9.17, 15) is 15.0 Å². The highest BCUT2D eigenvalue weighted by Crippen LogP contribution is 2.67. The van der Waals surface area contributed by atoms with Crippen molar-refractivity contribution in [3.8, 4) is 0 Å². The molecule has 0 spiro atoms. The molecule has 0 aromatic carbocycles. The number of hydrogen-bond acceptors (Lipinski definition) is 4. The monoisotopic (exact) mass is 472 g/mol. The summed E-state index contributed by atoms with van der Waals surface area (Å²) in [6.07, 6.45) is 10.7. The van der Waals surface area contributed by atoms with E-state index in [0.29, 0.717) is 36.0 Å². The van der Waals surface area contributed by atoms with Crippen molar-refractivity contribution >= 4 is 5.97 Å². The molecular weight excluding hydrogens is 424 g/mol. The standard InChI is InChI=1S/C30H48O4/c1-18(2)19(3)7-8-20(4)24-9-10-25-28-26(12-13-29(24,25)6)30(17-31)14-11-23(33)15-22(30)16-27(28)34-21(5)32/h16,18,20,23-28,31,33H,3,7-15,17H2,1-2,4-6H3. The van der Waals surface area contributed by atoms with Crippen molar-refractivity contribution in [3.63, 3.8) is 0 Å². The molecule has 4 aliphatic rings. The van der Waals surface area contributed by atoms with E-state index in [1.54, 1.807) is 0 Å². The van der Waals surface area contributed by atoms with Crippen LogP contribution >= 0.6 is 0 Å². The summed E-state index contributed by atoms with van der Waals surface area (Å²) in [5.41, 5.74) is 2.49. The fraction of sp³-hybridized carbons (Fsp3) is 0.833. The lowest BCUT2D eigenvalue weighted by Gasteiger charge is -2.60. The Morgan fingerprint density at radius 2 is 1.91 bits per heavy atom. The smallest absolute Gasteiger partial charge is 0.303 e. The summed E-state index contributed by atoms with van der Waals surface area (Å²) in [5, 5.41) is 21.1. The van der Waals surface area contributed by atoms with E-state index in [-0.39, 0.29) is 41.5 Å². The maximum Gasteiger partial charge on any atom is 0.303 e. The SMILES string of the molecule is C=C(CCC(C)C1CCC2C3C(OC(C)=O)C=C4CC(O)CCC4(CO)C3CCC12C)C(C)C. The Kier molecular flexibility index (Phi) is 7.43. The van der Waals surface area contributed by atoms with Crippen LogP contribution in [0.3, 0.4) is 0 Å². The van der Waals surface area contributed by atoms with Crippen LogP contribution in [-0.4, -0.2) is 35.0 Å². The maximum absolute atomic E-state index is 12.2. The zero-order valence-electron chi connectivity index (χ0n) is 22.2. The van der Waals surface area contributed by atoms with Crippen LogP contribution in [0, 0.1) is 46.3 Å². The van der Waals surface area contributed by atoms with Gasteiger partial charge in [-0.3, -0.25) is 4.79 Å². The Labute approximate surface area is 207 Å². The average molecular weight is 473 g/mol. The molecule has 0 radical (unpaired) electrons. The van der Waals surface area contributed by atoms with Crippen molar-refractivity contribution < 1.29 is 19.7 Å². The molecule has 3 fully saturated rings. The number of fused-ring (bicyclic) bond motifs is 5. The predicted octanol–water partition coefficient (Wildman–Crippen LogP) is 6.07. The lowest BCUT2D eigenvalue weighted by molar-refractivity contribution is -0.161. The Hall–Kier alpha value is -1.13. The van der Waals surface area contributed by atoms with E-state index in [0.717, 1.165) is 31.3 Å². The van der Waals surface area contributed by atoms with Crippen LogP contribution < -0.4 is 0 Å². The molecule has 0 aromatic heterocycles. The highest BCUT2D eigenvalue weighted by Gasteiger charge is 2.62. The number of hydrogen-bond donors (Lipinski definition) is 2. The van der Waals surface area contributed by atoms with E-state index >= 15 is 0 Å². The summed E-state index contributed by atoms with van der Waals surface area (Å²) in [6, 6.07) is 0. The second kappa shape index (κ2) is 9.73. The third kappa shape index (κ3) is 4.32. The van der Waals surface area contributed by atoms with Crippen molar-refractivity contribution in [3.05, 3.63) is 23.8 Å². The van der Waals surface area contributed by atoms with Gasteiger partial charge in [0.2, 0.25) is 0 Å². The van der Waals surface area contributed by atoms with E-state index in [2.05, 4.69) is 40.3 Å². The molecule has 3 saturated carbocycles. The summed E-state index contributed by atoms with van der Waals surface area (Å²) in [5.74, 6) is 2.74. The number of aliphatic hydroxyl groups is 2. The van der Waals surface area contributed by atoms with Crippen LogP contribution in [0.4, 0.5) is 0 Å². The molecule has 0 aromatic rings. The zero-order valence-corrected chi connectivity index (χ0v) is 22.2. The van der Waals surface area contributed by atoms with Gasteiger partial charge in [0.1, 0.15) is 6.10 Å². The van der Waals surface area contributed by atoms with E-state index in [1.165, 1.54) is 38.2 Å². The predicted molar refractivity (Wildman–Crippen MR) is 136 cm³/mol.